The van der Waals surface area contributed by atoms with Crippen molar-refractivity contribution < 1.29 is 9.50 Å². The molecule has 3 aromatic rings. The van der Waals surface area contributed by atoms with Crippen molar-refractivity contribution in [3.05, 3.63) is 70.3 Å². The fourth-order valence-corrected chi connectivity index (χ4v) is 2.88. The van der Waals surface area contributed by atoms with E-state index in [0.29, 0.717) is 6.42 Å². The van der Waals surface area contributed by atoms with E-state index in [4.69, 9.17) is 0 Å². The summed E-state index contributed by atoms with van der Waals surface area (Å²) < 4.78 is 13.2. The summed E-state index contributed by atoms with van der Waals surface area (Å²) in [4.78, 5) is 4.55. The molecule has 0 aliphatic rings. The molecule has 0 fully saturated rings. The minimum atomic E-state index is -0.431. The molecule has 0 amide bonds. The van der Waals surface area contributed by atoms with E-state index in [1.165, 1.54) is 17.4 Å². The van der Waals surface area contributed by atoms with Crippen molar-refractivity contribution in [2.24, 2.45) is 0 Å². The van der Waals surface area contributed by atoms with Gasteiger partial charge in [-0.15, -0.1) is 11.3 Å². The summed E-state index contributed by atoms with van der Waals surface area (Å²) in [6.45, 7) is 0. The van der Waals surface area contributed by atoms with Gasteiger partial charge in [-0.2, -0.15) is 0 Å². The third kappa shape index (κ3) is 2.86. The van der Waals surface area contributed by atoms with Gasteiger partial charge in [0.1, 0.15) is 11.6 Å². The highest BCUT2D eigenvalue weighted by Crippen LogP contribution is 2.24. The molecule has 0 saturated heterocycles. The van der Waals surface area contributed by atoms with Gasteiger partial charge in [0.05, 0.1) is 10.7 Å². The molecule has 1 aromatic heterocycles. The first-order chi connectivity index (χ1) is 9.70. The van der Waals surface area contributed by atoms with Crippen molar-refractivity contribution in [3.8, 4) is 17.0 Å². The summed E-state index contributed by atoms with van der Waals surface area (Å²) in [5.74, 6) is -0.486. The summed E-state index contributed by atoms with van der Waals surface area (Å²) in [7, 11) is 0. The maximum Gasteiger partial charge on any atom is 0.127 e. The summed E-state index contributed by atoms with van der Waals surface area (Å²) in [5.41, 5.74) is 2.71. The van der Waals surface area contributed by atoms with Crippen molar-refractivity contribution in [2.75, 3.05) is 0 Å². The van der Waals surface area contributed by atoms with Crippen LogP contribution in [0.25, 0.3) is 11.3 Å². The predicted octanol–water partition coefficient (Wildman–Crippen LogP) is 4.25. The van der Waals surface area contributed by atoms with Crippen LogP contribution in [-0.4, -0.2) is 10.1 Å². The van der Waals surface area contributed by atoms with Crippen LogP contribution in [0.2, 0.25) is 0 Å². The fourth-order valence-electron chi connectivity index (χ4n) is 2.04. The lowest BCUT2D eigenvalue weighted by Crippen LogP contribution is -1.89. The zero-order chi connectivity index (χ0) is 13.9. The van der Waals surface area contributed by atoms with E-state index >= 15 is 0 Å². The second-order valence-corrected chi connectivity index (χ2v) is 5.43. The first-order valence-corrected chi connectivity index (χ1v) is 7.07. The maximum atomic E-state index is 13.2. The first-order valence-electron chi connectivity index (χ1n) is 6.19. The lowest BCUT2D eigenvalue weighted by molar-refractivity contribution is 0.468. The third-order valence-corrected chi connectivity index (χ3v) is 3.77. The Morgan fingerprint density at radius 2 is 1.90 bits per heavy atom. The van der Waals surface area contributed by atoms with Crippen LogP contribution in [0.1, 0.15) is 10.6 Å². The Balaban J connectivity index is 1.84. The lowest BCUT2D eigenvalue weighted by Gasteiger charge is -2.00. The number of phenols is 1. The molecule has 1 N–H and O–H groups in total. The normalized spacial score (nSPS) is 10.7. The van der Waals surface area contributed by atoms with Crippen LogP contribution in [0, 0.1) is 5.82 Å². The van der Waals surface area contributed by atoms with Gasteiger partial charge in [-0.1, -0.05) is 30.3 Å². The zero-order valence-corrected chi connectivity index (χ0v) is 11.4. The standard InChI is InChI=1S/C16H12FNOS/c17-13-6-11(7-14(19)9-13)8-16-18-15(10-20-16)12-4-2-1-3-5-12/h1-7,9-10,19H,8H2. The van der Waals surface area contributed by atoms with E-state index in [1.54, 1.807) is 6.07 Å². The minimum Gasteiger partial charge on any atom is -0.508 e. The van der Waals surface area contributed by atoms with Crippen LogP contribution in [0.4, 0.5) is 4.39 Å². The van der Waals surface area contributed by atoms with E-state index in [0.717, 1.165) is 27.9 Å². The average Bonchev–Trinajstić information content (AvgIpc) is 2.87. The second-order valence-electron chi connectivity index (χ2n) is 4.49. The molecule has 2 aromatic carbocycles. The number of nitrogens with zero attached hydrogens (tertiary/aromatic N) is 1. The molecule has 100 valence electrons. The Morgan fingerprint density at radius 1 is 1.10 bits per heavy atom. The molecule has 0 atom stereocenters. The van der Waals surface area contributed by atoms with Gasteiger partial charge in [0.2, 0.25) is 0 Å². The average molecular weight is 285 g/mol. The lowest BCUT2D eigenvalue weighted by atomic mass is 10.1. The predicted molar refractivity (Wildman–Crippen MR) is 78.4 cm³/mol. The molecule has 1 heterocycles. The number of hydrogen-bond donors (Lipinski definition) is 1. The Hall–Kier alpha value is -2.20. The van der Waals surface area contributed by atoms with Gasteiger partial charge >= 0.3 is 0 Å². The molecule has 4 heteroatoms. The molecule has 0 aliphatic heterocycles. The van der Waals surface area contributed by atoms with Crippen molar-refractivity contribution in [2.45, 2.75) is 6.42 Å². The molecule has 3 rings (SSSR count). The van der Waals surface area contributed by atoms with E-state index in [-0.39, 0.29) is 5.75 Å². The van der Waals surface area contributed by atoms with Gasteiger partial charge in [-0.05, 0) is 17.7 Å². The quantitative estimate of drug-likeness (QED) is 0.780. The minimum absolute atomic E-state index is 0.0557. The molecular weight excluding hydrogens is 273 g/mol. The molecule has 0 aliphatic carbocycles. The number of benzene rings is 2. The summed E-state index contributed by atoms with van der Waals surface area (Å²) in [6, 6.07) is 14.0. The number of aromatic hydroxyl groups is 1. The van der Waals surface area contributed by atoms with Crippen molar-refractivity contribution in [1.29, 1.82) is 0 Å². The first kappa shape index (κ1) is 12.8. The van der Waals surface area contributed by atoms with Crippen LogP contribution < -0.4 is 0 Å². The van der Waals surface area contributed by atoms with Gasteiger partial charge in [0.25, 0.3) is 0 Å². The van der Waals surface area contributed by atoms with Gasteiger partial charge < -0.3 is 5.11 Å². The van der Waals surface area contributed by atoms with Crippen molar-refractivity contribution in [1.82, 2.24) is 4.98 Å². The number of halogens is 1. The van der Waals surface area contributed by atoms with E-state index in [2.05, 4.69) is 4.98 Å². The molecule has 0 radical (unpaired) electrons. The SMILES string of the molecule is Oc1cc(F)cc(Cc2nc(-c3ccccc3)cs2)c1. The molecule has 0 bridgehead atoms. The Bertz CT molecular complexity index is 704. The Labute approximate surface area is 120 Å². The van der Waals surface area contributed by atoms with E-state index in [1.807, 2.05) is 35.7 Å². The highest BCUT2D eigenvalue weighted by molar-refractivity contribution is 7.10. The summed E-state index contributed by atoms with van der Waals surface area (Å²) in [5, 5.41) is 12.3. The third-order valence-electron chi connectivity index (χ3n) is 2.92. The Kier molecular flexibility index (Phi) is 3.48. The van der Waals surface area contributed by atoms with Crippen LogP contribution in [0.15, 0.2) is 53.9 Å². The van der Waals surface area contributed by atoms with Crippen LogP contribution >= 0.6 is 11.3 Å². The molecule has 0 unspecified atom stereocenters. The van der Waals surface area contributed by atoms with Crippen LogP contribution in [0.3, 0.4) is 0 Å². The molecule has 2 nitrogen and oxygen atoms in total. The highest BCUT2D eigenvalue weighted by atomic mass is 32.1. The highest BCUT2D eigenvalue weighted by Gasteiger charge is 2.07. The van der Waals surface area contributed by atoms with Gasteiger partial charge in [-0.3, -0.25) is 0 Å². The molecule has 0 saturated carbocycles. The van der Waals surface area contributed by atoms with E-state index in [9.17, 15) is 9.50 Å². The second kappa shape index (κ2) is 5.43. The summed E-state index contributed by atoms with van der Waals surface area (Å²) >= 11 is 1.54. The van der Waals surface area contributed by atoms with Gasteiger partial charge in [0.15, 0.2) is 0 Å². The zero-order valence-electron chi connectivity index (χ0n) is 10.6. The number of phenolic OH excluding ortho intramolecular Hbond substituents is 1. The summed E-state index contributed by atoms with van der Waals surface area (Å²) in [6.07, 6.45) is 0.517. The smallest absolute Gasteiger partial charge is 0.127 e. The Morgan fingerprint density at radius 3 is 2.65 bits per heavy atom. The largest absolute Gasteiger partial charge is 0.508 e. The molecular formula is C16H12FNOS. The fraction of sp³-hybridized carbons (Fsp3) is 0.0625. The van der Waals surface area contributed by atoms with Crippen LogP contribution in [0.5, 0.6) is 5.75 Å². The van der Waals surface area contributed by atoms with Crippen molar-refractivity contribution >= 4 is 11.3 Å². The van der Waals surface area contributed by atoms with Crippen molar-refractivity contribution in [3.63, 3.8) is 0 Å². The monoisotopic (exact) mass is 285 g/mol. The molecule has 0 spiro atoms. The topological polar surface area (TPSA) is 33.1 Å². The van der Waals surface area contributed by atoms with Crippen LogP contribution in [-0.2, 0) is 6.42 Å². The number of hydrogen-bond acceptors (Lipinski definition) is 3. The maximum absolute atomic E-state index is 13.2. The van der Waals surface area contributed by atoms with E-state index < -0.39 is 5.82 Å². The molecule has 20 heavy (non-hydrogen) atoms. The number of rotatable bonds is 3. The van der Waals surface area contributed by atoms with Gasteiger partial charge in [0, 0.05) is 23.4 Å². The number of thiazole rings is 1. The number of aromatic nitrogens is 1. The van der Waals surface area contributed by atoms with Gasteiger partial charge in [-0.25, -0.2) is 9.37 Å².